The summed E-state index contributed by atoms with van der Waals surface area (Å²) in [5.74, 6) is 0. The van der Waals surface area contributed by atoms with Gasteiger partial charge < -0.3 is 4.79 Å². The first-order chi connectivity index (χ1) is 8.41. The van der Waals surface area contributed by atoms with Crippen LogP contribution in [-0.2, 0) is 4.79 Å². The lowest BCUT2D eigenvalue weighted by Gasteiger charge is -1.98. The van der Waals surface area contributed by atoms with Gasteiger partial charge in [0.2, 0.25) is 0 Å². The maximum Gasteiger partial charge on any atom is 0.123 e. The third-order valence-electron chi connectivity index (χ3n) is 2.81. The van der Waals surface area contributed by atoms with Gasteiger partial charge in [0.1, 0.15) is 6.29 Å². The molecule has 0 saturated carbocycles. The summed E-state index contributed by atoms with van der Waals surface area (Å²) < 4.78 is 0. The molecule has 0 unspecified atom stereocenters. The second kappa shape index (κ2) is 15.1. The predicted molar refractivity (Wildman–Crippen MR) is 76.2 cm³/mol. The molecule has 0 rings (SSSR count). The van der Waals surface area contributed by atoms with Crippen molar-refractivity contribution in [1.82, 2.24) is 0 Å². The van der Waals surface area contributed by atoms with Crippen molar-refractivity contribution in [3.63, 3.8) is 0 Å². The van der Waals surface area contributed by atoms with E-state index < -0.39 is 0 Å². The van der Waals surface area contributed by atoms with E-state index in [1.165, 1.54) is 51.4 Å². The van der Waals surface area contributed by atoms with Crippen LogP contribution in [0.3, 0.4) is 0 Å². The second-order valence-electron chi connectivity index (χ2n) is 4.49. The van der Waals surface area contributed by atoms with E-state index >= 15 is 0 Å². The molecule has 0 aliphatic rings. The van der Waals surface area contributed by atoms with Crippen molar-refractivity contribution in [3.05, 3.63) is 24.3 Å². The zero-order valence-electron chi connectivity index (χ0n) is 11.4. The van der Waals surface area contributed by atoms with Crippen molar-refractivity contribution in [2.24, 2.45) is 0 Å². The van der Waals surface area contributed by atoms with Crippen molar-refractivity contribution < 1.29 is 4.79 Å². The largest absolute Gasteiger partial charge is 0.303 e. The summed E-state index contributed by atoms with van der Waals surface area (Å²) in [6.45, 7) is 2.26. The maximum absolute atomic E-state index is 10.0. The van der Waals surface area contributed by atoms with Crippen molar-refractivity contribution in [2.45, 2.75) is 71.1 Å². The molecule has 0 saturated heterocycles. The molecule has 0 aromatic heterocycles. The van der Waals surface area contributed by atoms with E-state index in [2.05, 4.69) is 25.2 Å². The van der Waals surface area contributed by atoms with E-state index in [0.717, 1.165) is 12.7 Å². The quantitative estimate of drug-likeness (QED) is 0.258. The molecule has 1 nitrogen and oxygen atoms in total. The van der Waals surface area contributed by atoms with Gasteiger partial charge in [0.05, 0.1) is 0 Å². The van der Waals surface area contributed by atoms with Crippen molar-refractivity contribution in [1.29, 1.82) is 0 Å². The lowest BCUT2D eigenvalue weighted by atomic mass is 10.1. The number of carbonyl (C=O) groups is 1. The predicted octanol–water partition coefficient (Wildman–Crippen LogP) is 5.22. The fourth-order valence-corrected chi connectivity index (χ4v) is 1.76. The highest BCUT2D eigenvalue weighted by Gasteiger charge is 1.88. The normalized spacial score (nSPS) is 11.6. The fraction of sp³-hybridized carbons (Fsp3) is 0.688. The Morgan fingerprint density at radius 2 is 1.29 bits per heavy atom. The molecule has 0 N–H and O–H groups in total. The number of allylic oxidation sites excluding steroid dienone is 4. The summed E-state index contributed by atoms with van der Waals surface area (Å²) in [5, 5.41) is 0. The van der Waals surface area contributed by atoms with Gasteiger partial charge in [-0.15, -0.1) is 0 Å². The van der Waals surface area contributed by atoms with Crippen LogP contribution in [-0.4, -0.2) is 6.29 Å². The second-order valence-corrected chi connectivity index (χ2v) is 4.49. The molecule has 0 bridgehead atoms. The molecule has 17 heavy (non-hydrogen) atoms. The molecule has 1 heteroatoms. The fourth-order valence-electron chi connectivity index (χ4n) is 1.76. The number of hydrogen-bond donors (Lipinski definition) is 0. The first-order valence-corrected chi connectivity index (χ1v) is 7.15. The minimum Gasteiger partial charge on any atom is -0.303 e. The first-order valence-electron chi connectivity index (χ1n) is 7.15. The highest BCUT2D eigenvalue weighted by molar-refractivity contribution is 5.51. The minimum absolute atomic E-state index is 0.547. The number of rotatable bonds is 12. The van der Waals surface area contributed by atoms with E-state index in [9.17, 15) is 4.79 Å². The molecule has 0 aromatic carbocycles. The number of hydrogen-bond acceptors (Lipinski definition) is 1. The molecule has 98 valence electrons. The monoisotopic (exact) mass is 236 g/mol. The molecule has 0 aliphatic carbocycles. The molecule has 0 atom stereocenters. The molecule has 0 amide bonds. The standard InChI is InChI=1S/C16H28O/c1-2-3-4-5-6-7-8-9-10-11-12-13-14-15-16-17/h10-11,13-14,16H,2-9,12,15H2,1H3/b11-10-,14-13-. The molecule has 0 fully saturated rings. The summed E-state index contributed by atoms with van der Waals surface area (Å²) in [4.78, 5) is 10.0. The van der Waals surface area contributed by atoms with E-state index in [1.807, 2.05) is 6.08 Å². The Bertz CT molecular complexity index is 204. The molecular formula is C16H28O. The Morgan fingerprint density at radius 1 is 0.706 bits per heavy atom. The summed E-state index contributed by atoms with van der Waals surface area (Å²) >= 11 is 0. The van der Waals surface area contributed by atoms with E-state index in [4.69, 9.17) is 0 Å². The molecule has 0 aromatic rings. The Morgan fingerprint density at radius 3 is 2.00 bits per heavy atom. The van der Waals surface area contributed by atoms with Gasteiger partial charge in [-0.2, -0.15) is 0 Å². The van der Waals surface area contributed by atoms with Crippen LogP contribution in [0.5, 0.6) is 0 Å². The lowest BCUT2D eigenvalue weighted by Crippen LogP contribution is -1.78. The molecule has 0 spiro atoms. The van der Waals surface area contributed by atoms with Gasteiger partial charge in [-0.25, -0.2) is 0 Å². The third-order valence-corrected chi connectivity index (χ3v) is 2.81. The summed E-state index contributed by atoms with van der Waals surface area (Å²) in [7, 11) is 0. The average Bonchev–Trinajstić information content (AvgIpc) is 2.35. The average molecular weight is 236 g/mol. The van der Waals surface area contributed by atoms with Crippen molar-refractivity contribution >= 4 is 6.29 Å². The number of unbranched alkanes of at least 4 members (excludes halogenated alkanes) is 7. The zero-order valence-corrected chi connectivity index (χ0v) is 11.4. The SMILES string of the molecule is CCCCCCCCC/C=C\C/C=C\CC=O. The van der Waals surface area contributed by atoms with Gasteiger partial charge in [-0.1, -0.05) is 69.8 Å². The van der Waals surface area contributed by atoms with Crippen LogP contribution in [0.15, 0.2) is 24.3 Å². The molecule has 0 radical (unpaired) electrons. The lowest BCUT2D eigenvalue weighted by molar-refractivity contribution is -0.107. The number of aldehydes is 1. The molecule has 0 aliphatic heterocycles. The summed E-state index contributed by atoms with van der Waals surface area (Å²) in [6, 6.07) is 0. The topological polar surface area (TPSA) is 17.1 Å². The molecular weight excluding hydrogens is 208 g/mol. The molecule has 0 heterocycles. The summed E-state index contributed by atoms with van der Waals surface area (Å²) in [5.41, 5.74) is 0. The van der Waals surface area contributed by atoms with Crippen LogP contribution in [0.25, 0.3) is 0 Å². The Hall–Kier alpha value is -0.850. The van der Waals surface area contributed by atoms with Gasteiger partial charge in [-0.3, -0.25) is 0 Å². The zero-order chi connectivity index (χ0) is 12.6. The van der Waals surface area contributed by atoms with Crippen LogP contribution >= 0.6 is 0 Å². The highest BCUT2D eigenvalue weighted by atomic mass is 16.1. The third kappa shape index (κ3) is 15.1. The van der Waals surface area contributed by atoms with Gasteiger partial charge in [0, 0.05) is 6.42 Å². The Labute approximate surface area is 107 Å². The van der Waals surface area contributed by atoms with E-state index in [0.29, 0.717) is 6.42 Å². The Kier molecular flexibility index (Phi) is 14.4. The summed E-state index contributed by atoms with van der Waals surface area (Å²) in [6.07, 6.45) is 21.7. The highest BCUT2D eigenvalue weighted by Crippen LogP contribution is 2.08. The smallest absolute Gasteiger partial charge is 0.123 e. The van der Waals surface area contributed by atoms with Crippen LogP contribution < -0.4 is 0 Å². The van der Waals surface area contributed by atoms with E-state index in [-0.39, 0.29) is 0 Å². The maximum atomic E-state index is 10.0. The minimum atomic E-state index is 0.547. The Balaban J connectivity index is 3.11. The first kappa shape index (κ1) is 16.1. The van der Waals surface area contributed by atoms with Crippen LogP contribution in [0.1, 0.15) is 71.1 Å². The number of carbonyl (C=O) groups excluding carboxylic acids is 1. The van der Waals surface area contributed by atoms with Gasteiger partial charge in [0.25, 0.3) is 0 Å². The van der Waals surface area contributed by atoms with Crippen LogP contribution in [0, 0.1) is 0 Å². The van der Waals surface area contributed by atoms with Gasteiger partial charge in [0.15, 0.2) is 0 Å². The van der Waals surface area contributed by atoms with E-state index in [1.54, 1.807) is 0 Å². The van der Waals surface area contributed by atoms with Gasteiger partial charge in [-0.05, 0) is 19.3 Å². The van der Waals surface area contributed by atoms with Crippen LogP contribution in [0.4, 0.5) is 0 Å². The van der Waals surface area contributed by atoms with Crippen LogP contribution in [0.2, 0.25) is 0 Å². The van der Waals surface area contributed by atoms with Crippen molar-refractivity contribution in [2.75, 3.05) is 0 Å². The van der Waals surface area contributed by atoms with Crippen molar-refractivity contribution in [3.8, 4) is 0 Å². The van der Waals surface area contributed by atoms with Gasteiger partial charge >= 0.3 is 0 Å².